The minimum absolute atomic E-state index is 0.124. The lowest BCUT2D eigenvalue weighted by molar-refractivity contribution is 0.296. The molecule has 3 rings (SSSR count). The fourth-order valence-electron chi connectivity index (χ4n) is 3.30. The van der Waals surface area contributed by atoms with Crippen LogP contribution in [-0.4, -0.2) is 13.2 Å². The first-order valence-electron chi connectivity index (χ1n) is 10.5. The second-order valence-electron chi connectivity index (χ2n) is 9.92. The summed E-state index contributed by atoms with van der Waals surface area (Å²) in [7, 11) is 0. The molecule has 154 valence electrons. The van der Waals surface area contributed by atoms with Gasteiger partial charge in [0.2, 0.25) is 0 Å². The van der Waals surface area contributed by atoms with Crippen LogP contribution in [0.1, 0.15) is 52.7 Å². The molecule has 2 aromatic carbocycles. The molecule has 2 aromatic rings. The molecule has 0 heterocycles. The first-order chi connectivity index (χ1) is 13.6. The number of hydrogen-bond acceptors (Lipinski definition) is 2. The molecule has 2 nitrogen and oxygen atoms in total. The van der Waals surface area contributed by atoms with Crippen LogP contribution in [0.4, 0.5) is 0 Å². The van der Waals surface area contributed by atoms with E-state index < -0.39 is 0 Å². The Hall–Kier alpha value is -2.48. The highest BCUT2D eigenvalue weighted by Crippen LogP contribution is 2.28. The molecule has 1 aliphatic rings. The summed E-state index contributed by atoms with van der Waals surface area (Å²) >= 11 is 0. The predicted octanol–water partition coefficient (Wildman–Crippen LogP) is 6.85. The summed E-state index contributed by atoms with van der Waals surface area (Å²) in [5.41, 5.74) is 4.02. The van der Waals surface area contributed by atoms with E-state index in [4.69, 9.17) is 9.47 Å². The van der Waals surface area contributed by atoms with Crippen molar-refractivity contribution < 1.29 is 9.47 Å². The van der Waals surface area contributed by atoms with Crippen molar-refractivity contribution in [3.8, 4) is 11.5 Å². The second kappa shape index (κ2) is 8.49. The van der Waals surface area contributed by atoms with Gasteiger partial charge in [-0.25, -0.2) is 0 Å². The molecule has 0 amide bonds. The van der Waals surface area contributed by atoms with Crippen molar-refractivity contribution in [3.63, 3.8) is 0 Å². The number of rotatable bonds is 6. The van der Waals surface area contributed by atoms with E-state index in [1.54, 1.807) is 0 Å². The van der Waals surface area contributed by atoms with Gasteiger partial charge in [0.1, 0.15) is 18.1 Å². The van der Waals surface area contributed by atoms with Crippen LogP contribution in [-0.2, 0) is 10.8 Å². The molecule has 0 fully saturated rings. The normalized spacial score (nSPS) is 16.6. The fraction of sp³-hybridized carbons (Fsp3) is 0.407. The van der Waals surface area contributed by atoms with Gasteiger partial charge in [0, 0.05) is 5.92 Å². The van der Waals surface area contributed by atoms with Crippen LogP contribution in [0.5, 0.6) is 11.5 Å². The molecule has 1 aliphatic carbocycles. The molecule has 0 saturated heterocycles. The third kappa shape index (κ3) is 6.00. The van der Waals surface area contributed by atoms with Crippen LogP contribution in [0.25, 0.3) is 0 Å². The average Bonchev–Trinajstić information content (AvgIpc) is 3.12. The molecule has 0 radical (unpaired) electrons. The Morgan fingerprint density at radius 3 is 1.86 bits per heavy atom. The fourth-order valence-corrected chi connectivity index (χ4v) is 3.30. The van der Waals surface area contributed by atoms with Crippen molar-refractivity contribution in [2.75, 3.05) is 13.2 Å². The maximum absolute atomic E-state index is 6.05. The van der Waals surface area contributed by atoms with Gasteiger partial charge in [0.15, 0.2) is 0 Å². The summed E-state index contributed by atoms with van der Waals surface area (Å²) in [6.45, 7) is 14.5. The average molecular weight is 391 g/mol. The highest BCUT2D eigenvalue weighted by Gasteiger charge is 2.16. The zero-order valence-electron chi connectivity index (χ0n) is 18.7. The summed E-state index contributed by atoms with van der Waals surface area (Å²) in [5, 5.41) is 0. The van der Waals surface area contributed by atoms with Crippen molar-refractivity contribution >= 4 is 0 Å². The largest absolute Gasteiger partial charge is 0.493 e. The molecular formula is C27H34O2. The van der Waals surface area contributed by atoms with E-state index in [0.717, 1.165) is 11.5 Å². The Balaban J connectivity index is 1.53. The van der Waals surface area contributed by atoms with E-state index in [1.807, 2.05) is 12.1 Å². The lowest BCUT2D eigenvalue weighted by Crippen LogP contribution is -2.12. The minimum atomic E-state index is 0.124. The topological polar surface area (TPSA) is 18.5 Å². The highest BCUT2D eigenvalue weighted by atomic mass is 16.5. The third-order valence-corrected chi connectivity index (χ3v) is 5.23. The Labute approximate surface area is 176 Å². The van der Waals surface area contributed by atoms with Crippen LogP contribution in [0, 0.1) is 5.92 Å². The van der Waals surface area contributed by atoms with E-state index in [-0.39, 0.29) is 16.7 Å². The van der Waals surface area contributed by atoms with Gasteiger partial charge in [-0.2, -0.15) is 0 Å². The van der Waals surface area contributed by atoms with Crippen molar-refractivity contribution in [1.82, 2.24) is 0 Å². The lowest BCUT2D eigenvalue weighted by atomic mass is 9.87. The van der Waals surface area contributed by atoms with Crippen LogP contribution in [0.2, 0.25) is 0 Å². The van der Waals surface area contributed by atoms with Crippen LogP contribution < -0.4 is 9.47 Å². The summed E-state index contributed by atoms with van der Waals surface area (Å²) < 4.78 is 12.1. The van der Waals surface area contributed by atoms with Gasteiger partial charge in [-0.1, -0.05) is 84.0 Å². The molecule has 0 N–H and O–H groups in total. The SMILES string of the molecule is CC(C)(C)c1cccc(OCC2=CC(COc3cccc(C(C)(C)C)c3)C=C2)c1. The standard InChI is InChI=1S/C27H34O2/c1-26(2,3)22-9-7-11-24(16-22)28-18-20-13-14-21(15-20)19-29-25-12-8-10-23(17-25)27(4,5)6/h7-17,20H,18-19H2,1-6H3. The van der Waals surface area contributed by atoms with Gasteiger partial charge < -0.3 is 9.47 Å². The van der Waals surface area contributed by atoms with E-state index in [2.05, 4.69) is 96.2 Å². The molecule has 0 spiro atoms. The van der Waals surface area contributed by atoms with Crippen molar-refractivity contribution in [3.05, 3.63) is 83.5 Å². The van der Waals surface area contributed by atoms with Gasteiger partial charge >= 0.3 is 0 Å². The van der Waals surface area contributed by atoms with Crippen LogP contribution >= 0.6 is 0 Å². The zero-order valence-corrected chi connectivity index (χ0v) is 18.7. The molecule has 0 saturated carbocycles. The van der Waals surface area contributed by atoms with Gasteiger partial charge in [-0.15, -0.1) is 0 Å². The second-order valence-corrected chi connectivity index (χ2v) is 9.92. The van der Waals surface area contributed by atoms with E-state index in [0.29, 0.717) is 13.2 Å². The molecule has 2 heteroatoms. The summed E-state index contributed by atoms with van der Waals surface area (Å²) in [4.78, 5) is 0. The number of hydrogen-bond donors (Lipinski definition) is 0. The van der Waals surface area contributed by atoms with Crippen molar-refractivity contribution in [2.24, 2.45) is 5.92 Å². The first kappa shape index (κ1) is 21.2. The van der Waals surface area contributed by atoms with Crippen LogP contribution in [0.3, 0.4) is 0 Å². The molecule has 1 atom stereocenters. The highest BCUT2D eigenvalue weighted by molar-refractivity contribution is 5.35. The van der Waals surface area contributed by atoms with Gasteiger partial charge in [0.05, 0.1) is 6.61 Å². The van der Waals surface area contributed by atoms with Gasteiger partial charge in [0.25, 0.3) is 0 Å². The molecular weight excluding hydrogens is 356 g/mol. The monoisotopic (exact) mass is 390 g/mol. The Morgan fingerprint density at radius 2 is 1.31 bits per heavy atom. The number of benzene rings is 2. The first-order valence-corrected chi connectivity index (χ1v) is 10.5. The summed E-state index contributed by atoms with van der Waals surface area (Å²) in [5.74, 6) is 2.14. The summed E-state index contributed by atoms with van der Waals surface area (Å²) in [6, 6.07) is 16.8. The molecule has 1 unspecified atom stereocenters. The smallest absolute Gasteiger partial charge is 0.120 e. The number of ether oxygens (including phenoxy) is 2. The maximum atomic E-state index is 6.05. The zero-order chi connectivity index (χ0) is 21.1. The van der Waals surface area contributed by atoms with Crippen molar-refractivity contribution in [2.45, 2.75) is 52.4 Å². The Morgan fingerprint density at radius 1 is 0.759 bits per heavy atom. The summed E-state index contributed by atoms with van der Waals surface area (Å²) in [6.07, 6.45) is 6.58. The van der Waals surface area contributed by atoms with E-state index >= 15 is 0 Å². The van der Waals surface area contributed by atoms with Gasteiger partial charge in [-0.05, 0) is 51.8 Å². The van der Waals surface area contributed by atoms with Gasteiger partial charge in [-0.3, -0.25) is 0 Å². The van der Waals surface area contributed by atoms with E-state index in [9.17, 15) is 0 Å². The predicted molar refractivity (Wildman–Crippen MR) is 122 cm³/mol. The minimum Gasteiger partial charge on any atom is -0.493 e. The molecule has 0 aromatic heterocycles. The molecule has 0 bridgehead atoms. The Bertz CT molecular complexity index is 891. The quantitative estimate of drug-likeness (QED) is 0.537. The Kier molecular flexibility index (Phi) is 6.21. The molecule has 29 heavy (non-hydrogen) atoms. The lowest BCUT2D eigenvalue weighted by Gasteiger charge is -2.20. The van der Waals surface area contributed by atoms with Crippen molar-refractivity contribution in [1.29, 1.82) is 0 Å². The van der Waals surface area contributed by atoms with Crippen LogP contribution in [0.15, 0.2) is 72.3 Å². The third-order valence-electron chi connectivity index (χ3n) is 5.23. The molecule has 0 aliphatic heterocycles. The maximum Gasteiger partial charge on any atom is 0.120 e. The van der Waals surface area contributed by atoms with E-state index in [1.165, 1.54) is 16.7 Å².